The van der Waals surface area contributed by atoms with E-state index in [1.807, 2.05) is 0 Å². The molecular formula is C13H17BrFNO2. The summed E-state index contributed by atoms with van der Waals surface area (Å²) in [4.78, 5) is 11.5. The summed E-state index contributed by atoms with van der Waals surface area (Å²) >= 11 is 3.36. The van der Waals surface area contributed by atoms with Gasteiger partial charge in [0.2, 0.25) is 0 Å². The molecule has 0 atom stereocenters. The van der Waals surface area contributed by atoms with Crippen LogP contribution >= 0.6 is 15.9 Å². The van der Waals surface area contributed by atoms with Gasteiger partial charge in [-0.25, -0.2) is 4.39 Å². The van der Waals surface area contributed by atoms with E-state index in [1.54, 1.807) is 19.9 Å². The molecule has 0 heterocycles. The molecule has 0 aliphatic rings. The third kappa shape index (κ3) is 4.07. The Bertz CT molecular complexity index is 435. The fourth-order valence-electron chi connectivity index (χ4n) is 1.54. The number of hydrogen-bond donors (Lipinski definition) is 1. The first-order valence-electron chi connectivity index (χ1n) is 5.60. The zero-order chi connectivity index (χ0) is 13.8. The maximum absolute atomic E-state index is 13.1. The maximum Gasteiger partial charge on any atom is 0.312 e. The molecule has 1 aromatic rings. The monoisotopic (exact) mass is 317 g/mol. The van der Waals surface area contributed by atoms with E-state index in [1.165, 1.54) is 19.2 Å². The highest BCUT2D eigenvalue weighted by Gasteiger charge is 2.28. The van der Waals surface area contributed by atoms with Crippen LogP contribution in [0, 0.1) is 11.2 Å². The van der Waals surface area contributed by atoms with Gasteiger partial charge in [0.05, 0.1) is 12.5 Å². The molecule has 0 aliphatic heterocycles. The molecule has 0 amide bonds. The molecule has 0 spiro atoms. The SMILES string of the molecule is COC(=O)C(C)(C)CNCc1cc(F)ccc1Br. The molecule has 0 bridgehead atoms. The Balaban J connectivity index is 2.56. The van der Waals surface area contributed by atoms with Gasteiger partial charge in [0.25, 0.3) is 0 Å². The lowest BCUT2D eigenvalue weighted by atomic mass is 9.94. The Morgan fingerprint density at radius 3 is 2.78 bits per heavy atom. The summed E-state index contributed by atoms with van der Waals surface area (Å²) in [5.41, 5.74) is 0.213. The quantitative estimate of drug-likeness (QED) is 0.849. The topological polar surface area (TPSA) is 38.3 Å². The van der Waals surface area contributed by atoms with Gasteiger partial charge in [-0.05, 0) is 37.6 Å². The van der Waals surface area contributed by atoms with Gasteiger partial charge in [-0.1, -0.05) is 15.9 Å². The Hall–Kier alpha value is -0.940. The average Bonchev–Trinajstić information content (AvgIpc) is 2.32. The lowest BCUT2D eigenvalue weighted by Crippen LogP contribution is -2.36. The first kappa shape index (κ1) is 15.1. The van der Waals surface area contributed by atoms with Crippen molar-refractivity contribution in [3.63, 3.8) is 0 Å². The first-order valence-corrected chi connectivity index (χ1v) is 6.39. The van der Waals surface area contributed by atoms with Crippen molar-refractivity contribution < 1.29 is 13.9 Å². The van der Waals surface area contributed by atoms with Gasteiger partial charge in [0.15, 0.2) is 0 Å². The Morgan fingerprint density at radius 2 is 2.17 bits per heavy atom. The smallest absolute Gasteiger partial charge is 0.312 e. The minimum atomic E-state index is -0.603. The van der Waals surface area contributed by atoms with Gasteiger partial charge in [-0.15, -0.1) is 0 Å². The molecule has 0 radical (unpaired) electrons. The minimum Gasteiger partial charge on any atom is -0.469 e. The predicted octanol–water partition coefficient (Wildman–Crippen LogP) is 2.88. The van der Waals surface area contributed by atoms with Crippen molar-refractivity contribution >= 4 is 21.9 Å². The molecule has 0 aliphatic carbocycles. The van der Waals surface area contributed by atoms with Crippen LogP contribution in [0.2, 0.25) is 0 Å². The van der Waals surface area contributed by atoms with E-state index in [0.717, 1.165) is 10.0 Å². The van der Waals surface area contributed by atoms with Crippen molar-refractivity contribution in [3.8, 4) is 0 Å². The maximum atomic E-state index is 13.1. The molecule has 100 valence electrons. The second kappa shape index (κ2) is 6.29. The van der Waals surface area contributed by atoms with Crippen LogP contribution < -0.4 is 5.32 Å². The lowest BCUT2D eigenvalue weighted by molar-refractivity contribution is -0.150. The van der Waals surface area contributed by atoms with Crippen molar-refractivity contribution in [2.45, 2.75) is 20.4 Å². The largest absolute Gasteiger partial charge is 0.469 e. The van der Waals surface area contributed by atoms with Crippen LogP contribution in [-0.4, -0.2) is 19.6 Å². The van der Waals surface area contributed by atoms with E-state index in [2.05, 4.69) is 21.2 Å². The van der Waals surface area contributed by atoms with E-state index in [9.17, 15) is 9.18 Å². The van der Waals surface area contributed by atoms with Crippen LogP contribution in [-0.2, 0) is 16.1 Å². The molecule has 1 rings (SSSR count). The Labute approximate surface area is 115 Å². The summed E-state index contributed by atoms with van der Waals surface area (Å²) in [6, 6.07) is 4.52. The van der Waals surface area contributed by atoms with E-state index in [0.29, 0.717) is 13.1 Å². The fourth-order valence-corrected chi connectivity index (χ4v) is 1.92. The molecular weight excluding hydrogens is 301 g/mol. The fraction of sp³-hybridized carbons (Fsp3) is 0.462. The summed E-state index contributed by atoms with van der Waals surface area (Å²) in [6.07, 6.45) is 0. The third-order valence-corrected chi connectivity index (χ3v) is 3.40. The zero-order valence-electron chi connectivity index (χ0n) is 10.7. The van der Waals surface area contributed by atoms with Crippen molar-refractivity contribution in [1.29, 1.82) is 0 Å². The van der Waals surface area contributed by atoms with E-state index < -0.39 is 5.41 Å². The summed E-state index contributed by atoms with van der Waals surface area (Å²) in [5, 5.41) is 3.13. The van der Waals surface area contributed by atoms with E-state index >= 15 is 0 Å². The van der Waals surface area contributed by atoms with Gasteiger partial charge >= 0.3 is 5.97 Å². The predicted molar refractivity (Wildman–Crippen MR) is 71.6 cm³/mol. The summed E-state index contributed by atoms with van der Waals surface area (Å²) < 4.78 is 18.6. The number of hydrogen-bond acceptors (Lipinski definition) is 3. The number of carbonyl (C=O) groups is 1. The highest BCUT2D eigenvalue weighted by atomic mass is 79.9. The lowest BCUT2D eigenvalue weighted by Gasteiger charge is -2.22. The average molecular weight is 318 g/mol. The Kier molecular flexibility index (Phi) is 5.28. The number of esters is 1. The summed E-state index contributed by atoms with van der Waals surface area (Å²) in [7, 11) is 1.37. The van der Waals surface area contributed by atoms with Crippen molar-refractivity contribution in [1.82, 2.24) is 5.32 Å². The number of benzene rings is 1. The number of ether oxygens (including phenoxy) is 1. The molecule has 3 nitrogen and oxygen atoms in total. The number of methoxy groups -OCH3 is 1. The highest BCUT2D eigenvalue weighted by molar-refractivity contribution is 9.10. The van der Waals surface area contributed by atoms with Crippen LogP contribution in [0.1, 0.15) is 19.4 Å². The molecule has 0 saturated heterocycles. The van der Waals surface area contributed by atoms with E-state index in [4.69, 9.17) is 4.74 Å². The number of carbonyl (C=O) groups excluding carboxylic acids is 1. The third-order valence-electron chi connectivity index (χ3n) is 2.63. The normalized spacial score (nSPS) is 11.4. The minimum absolute atomic E-state index is 0.270. The van der Waals surface area contributed by atoms with Crippen LogP contribution in [0.15, 0.2) is 22.7 Å². The molecule has 0 unspecified atom stereocenters. The first-order chi connectivity index (χ1) is 8.36. The van der Waals surface area contributed by atoms with Crippen molar-refractivity contribution in [3.05, 3.63) is 34.1 Å². The second-order valence-electron chi connectivity index (χ2n) is 4.71. The zero-order valence-corrected chi connectivity index (χ0v) is 12.3. The molecule has 18 heavy (non-hydrogen) atoms. The molecule has 1 N–H and O–H groups in total. The molecule has 0 fully saturated rings. The van der Waals surface area contributed by atoms with Crippen molar-refractivity contribution in [2.24, 2.45) is 5.41 Å². The molecule has 0 aromatic heterocycles. The highest BCUT2D eigenvalue weighted by Crippen LogP contribution is 2.19. The van der Waals surface area contributed by atoms with Crippen LogP contribution in [0.5, 0.6) is 0 Å². The number of rotatable bonds is 5. The van der Waals surface area contributed by atoms with Gasteiger partial charge in [0, 0.05) is 17.6 Å². The van der Waals surface area contributed by atoms with Crippen LogP contribution in [0.25, 0.3) is 0 Å². The van der Waals surface area contributed by atoms with Gasteiger partial charge < -0.3 is 10.1 Å². The molecule has 1 aromatic carbocycles. The van der Waals surface area contributed by atoms with Crippen LogP contribution in [0.3, 0.4) is 0 Å². The second-order valence-corrected chi connectivity index (χ2v) is 5.57. The molecule has 5 heteroatoms. The van der Waals surface area contributed by atoms with Gasteiger partial charge in [-0.3, -0.25) is 4.79 Å². The number of nitrogens with one attached hydrogen (secondary N) is 1. The van der Waals surface area contributed by atoms with Crippen molar-refractivity contribution in [2.75, 3.05) is 13.7 Å². The van der Waals surface area contributed by atoms with Crippen LogP contribution in [0.4, 0.5) is 4.39 Å². The van der Waals surface area contributed by atoms with Gasteiger partial charge in [0.1, 0.15) is 5.82 Å². The standard InChI is InChI=1S/C13H17BrFNO2/c1-13(2,12(17)18-3)8-16-7-9-6-10(15)4-5-11(9)14/h4-6,16H,7-8H2,1-3H3. The molecule has 0 saturated carbocycles. The van der Waals surface area contributed by atoms with Gasteiger partial charge in [-0.2, -0.15) is 0 Å². The summed E-state index contributed by atoms with van der Waals surface area (Å²) in [5.74, 6) is -0.546. The van der Waals surface area contributed by atoms with E-state index in [-0.39, 0.29) is 11.8 Å². The number of halogens is 2. The summed E-state index contributed by atoms with van der Waals surface area (Å²) in [6.45, 7) is 4.54. The Morgan fingerprint density at radius 1 is 1.50 bits per heavy atom.